The molecule has 1 rings (SSSR count). The van der Waals surface area contributed by atoms with Gasteiger partial charge in [0.05, 0.1) is 6.04 Å². The Labute approximate surface area is 99.0 Å². The Kier molecular flexibility index (Phi) is 3.71. The van der Waals surface area contributed by atoms with E-state index in [1.165, 1.54) is 0 Å². The fourth-order valence-electron chi connectivity index (χ4n) is 1.20. The molecule has 0 radical (unpaired) electrons. The molecule has 0 aromatic carbocycles. The van der Waals surface area contributed by atoms with Gasteiger partial charge >= 0.3 is 0 Å². The normalized spacial score (nSPS) is 29.8. The second-order valence-corrected chi connectivity index (χ2v) is 8.40. The predicted molar refractivity (Wildman–Crippen MR) is 63.0 cm³/mol. The van der Waals surface area contributed by atoms with E-state index in [1.54, 1.807) is 0 Å². The highest BCUT2D eigenvalue weighted by Gasteiger charge is 2.55. The molecule has 0 heterocycles. The van der Waals surface area contributed by atoms with Crippen LogP contribution in [0.15, 0.2) is 0 Å². The third kappa shape index (κ3) is 3.17. The quantitative estimate of drug-likeness (QED) is 0.624. The maximum Gasteiger partial charge on any atom is 0.136 e. The summed E-state index contributed by atoms with van der Waals surface area (Å²) < 4.78 is 13.9. The summed E-state index contributed by atoms with van der Waals surface area (Å²) in [6.07, 6.45) is 0.783. The van der Waals surface area contributed by atoms with Gasteiger partial charge in [0.2, 0.25) is 0 Å². The van der Waals surface area contributed by atoms with Crippen LogP contribution >= 0.6 is 23.2 Å². The molecule has 0 amide bonds. The summed E-state index contributed by atoms with van der Waals surface area (Å²) in [5, 5.41) is 0. The first-order valence-corrected chi connectivity index (χ1v) is 6.61. The largest absolute Gasteiger partial charge is 0.598 e. The summed E-state index contributed by atoms with van der Waals surface area (Å²) in [5.74, 6) is 0.220. The van der Waals surface area contributed by atoms with Gasteiger partial charge in [-0.1, -0.05) is 0 Å². The number of hydrogen-bond donors (Lipinski definition) is 1. The average molecular weight is 258 g/mol. The lowest BCUT2D eigenvalue weighted by molar-refractivity contribution is 0.509. The first-order chi connectivity index (χ1) is 6.14. The van der Waals surface area contributed by atoms with Crippen LogP contribution in [0.3, 0.4) is 0 Å². The van der Waals surface area contributed by atoms with Gasteiger partial charge in [-0.15, -0.1) is 27.9 Å². The van der Waals surface area contributed by atoms with Crippen LogP contribution in [0, 0.1) is 5.92 Å². The molecule has 0 aliphatic heterocycles. The zero-order valence-electron chi connectivity index (χ0n) is 8.93. The van der Waals surface area contributed by atoms with Crippen LogP contribution in [0.4, 0.5) is 0 Å². The Hall–Kier alpha value is 0.850. The highest BCUT2D eigenvalue weighted by molar-refractivity contribution is 7.90. The van der Waals surface area contributed by atoms with Gasteiger partial charge in [-0.25, -0.2) is 0 Å². The zero-order valence-corrected chi connectivity index (χ0v) is 11.3. The molecule has 0 aromatic rings. The van der Waals surface area contributed by atoms with Gasteiger partial charge < -0.3 is 4.55 Å². The summed E-state index contributed by atoms with van der Waals surface area (Å²) >= 11 is 10.8. The molecule has 1 N–H and O–H groups in total. The second kappa shape index (κ2) is 4.02. The van der Waals surface area contributed by atoms with Gasteiger partial charge in [0.15, 0.2) is 0 Å². The molecule has 0 spiro atoms. The molecular weight excluding hydrogens is 241 g/mol. The second-order valence-electron chi connectivity index (χ2n) is 4.86. The lowest BCUT2D eigenvalue weighted by Gasteiger charge is -2.26. The number of nitrogens with one attached hydrogen (secondary N) is 1. The highest BCUT2D eigenvalue weighted by atomic mass is 35.5. The number of rotatable bonds is 3. The SMILES string of the molecule is CC(N[S@@+]([O-])C(C)(C)C)[C@@H]1CC1(Cl)Cl. The standard InChI is InChI=1S/C9H17Cl2NOS/c1-6(7-5-9(7,10)11)12-14(13)8(2,3)4/h6-7,12H,5H2,1-4H3/t6?,7-,14-/m0/s1. The van der Waals surface area contributed by atoms with E-state index in [1.807, 2.05) is 27.7 Å². The third-order valence-corrected chi connectivity index (χ3v) is 4.89. The minimum Gasteiger partial charge on any atom is -0.598 e. The lowest BCUT2D eigenvalue weighted by Crippen LogP contribution is -2.44. The van der Waals surface area contributed by atoms with E-state index in [0.29, 0.717) is 0 Å². The molecule has 1 aliphatic rings. The molecule has 0 bridgehead atoms. The maximum atomic E-state index is 11.7. The third-order valence-electron chi connectivity index (χ3n) is 2.33. The summed E-state index contributed by atoms with van der Waals surface area (Å²) in [5.41, 5.74) is 0. The molecule has 84 valence electrons. The molecule has 0 aromatic heterocycles. The zero-order chi connectivity index (χ0) is 11.1. The molecular formula is C9H17Cl2NOS. The van der Waals surface area contributed by atoms with Crippen molar-refractivity contribution in [2.24, 2.45) is 5.92 Å². The first-order valence-electron chi connectivity index (χ1n) is 4.70. The Morgan fingerprint density at radius 2 is 1.93 bits per heavy atom. The van der Waals surface area contributed by atoms with Crippen LogP contribution in [0.2, 0.25) is 0 Å². The minimum absolute atomic E-state index is 0.102. The van der Waals surface area contributed by atoms with Crippen LogP contribution < -0.4 is 4.72 Å². The summed E-state index contributed by atoms with van der Waals surface area (Å²) in [4.78, 5) is 0. The Morgan fingerprint density at radius 3 is 2.21 bits per heavy atom. The molecule has 3 atom stereocenters. The molecule has 1 fully saturated rings. The van der Waals surface area contributed by atoms with E-state index in [9.17, 15) is 4.55 Å². The van der Waals surface area contributed by atoms with Crippen molar-refractivity contribution < 1.29 is 4.55 Å². The van der Waals surface area contributed by atoms with Gasteiger partial charge in [-0.3, -0.25) is 0 Å². The van der Waals surface area contributed by atoms with Crippen molar-refractivity contribution in [1.82, 2.24) is 4.72 Å². The lowest BCUT2D eigenvalue weighted by atomic mass is 10.2. The van der Waals surface area contributed by atoms with Crippen molar-refractivity contribution in [3.8, 4) is 0 Å². The summed E-state index contributed by atoms with van der Waals surface area (Å²) in [7, 11) is 0. The number of halogens is 2. The fourth-order valence-corrected chi connectivity index (χ4v) is 2.77. The van der Waals surface area contributed by atoms with Crippen molar-refractivity contribution in [1.29, 1.82) is 0 Å². The van der Waals surface area contributed by atoms with E-state index >= 15 is 0 Å². The van der Waals surface area contributed by atoms with Gasteiger partial charge in [0.1, 0.15) is 9.08 Å². The van der Waals surface area contributed by atoms with Gasteiger partial charge in [-0.05, 0) is 34.1 Å². The highest BCUT2D eigenvalue weighted by Crippen LogP contribution is 2.54. The van der Waals surface area contributed by atoms with Crippen LogP contribution in [-0.4, -0.2) is 19.7 Å². The number of hydrogen-bond acceptors (Lipinski definition) is 2. The van der Waals surface area contributed by atoms with Gasteiger partial charge in [0.25, 0.3) is 0 Å². The monoisotopic (exact) mass is 257 g/mol. The van der Waals surface area contributed by atoms with Gasteiger partial charge in [0, 0.05) is 17.3 Å². The molecule has 1 saturated carbocycles. The van der Waals surface area contributed by atoms with Crippen LogP contribution in [0.5, 0.6) is 0 Å². The van der Waals surface area contributed by atoms with Crippen LogP contribution in [0.1, 0.15) is 34.1 Å². The van der Waals surface area contributed by atoms with Crippen molar-refractivity contribution in [2.75, 3.05) is 0 Å². The molecule has 0 saturated heterocycles. The van der Waals surface area contributed by atoms with Crippen molar-refractivity contribution >= 4 is 34.6 Å². The molecule has 5 heteroatoms. The van der Waals surface area contributed by atoms with Crippen molar-refractivity contribution in [3.05, 3.63) is 0 Å². The van der Waals surface area contributed by atoms with Crippen LogP contribution in [0.25, 0.3) is 0 Å². The Morgan fingerprint density at radius 1 is 1.50 bits per heavy atom. The van der Waals surface area contributed by atoms with Gasteiger partial charge in [-0.2, -0.15) is 0 Å². The van der Waals surface area contributed by atoms with E-state index in [0.717, 1.165) is 6.42 Å². The first kappa shape index (κ1) is 12.9. The molecule has 1 aliphatic carbocycles. The summed E-state index contributed by atoms with van der Waals surface area (Å²) in [6, 6.07) is 0.102. The van der Waals surface area contributed by atoms with Crippen molar-refractivity contribution in [3.63, 3.8) is 0 Å². The molecule has 2 nitrogen and oxygen atoms in total. The summed E-state index contributed by atoms with van der Waals surface area (Å²) in [6.45, 7) is 7.78. The van der Waals surface area contributed by atoms with E-state index < -0.39 is 15.7 Å². The molecule has 14 heavy (non-hydrogen) atoms. The van der Waals surface area contributed by atoms with Crippen LogP contribution in [-0.2, 0) is 11.4 Å². The minimum atomic E-state index is -1.05. The fraction of sp³-hybridized carbons (Fsp3) is 1.00. The van der Waals surface area contributed by atoms with E-state index in [4.69, 9.17) is 23.2 Å². The van der Waals surface area contributed by atoms with E-state index in [-0.39, 0.29) is 16.7 Å². The smallest absolute Gasteiger partial charge is 0.136 e. The Bertz CT molecular complexity index is 217. The predicted octanol–water partition coefficient (Wildman–Crippen LogP) is 2.62. The topological polar surface area (TPSA) is 35.1 Å². The molecule has 1 unspecified atom stereocenters. The van der Waals surface area contributed by atoms with Crippen molar-refractivity contribution in [2.45, 2.75) is 49.2 Å². The maximum absolute atomic E-state index is 11.7. The Balaban J connectivity index is 2.39. The average Bonchev–Trinajstić information content (AvgIpc) is 2.57. The number of alkyl halides is 2. The van der Waals surface area contributed by atoms with E-state index in [2.05, 4.69) is 4.72 Å².